The maximum atomic E-state index is 12.5. The Morgan fingerprint density at radius 1 is 1.03 bits per heavy atom. The zero-order valence-electron chi connectivity index (χ0n) is 15.2. The van der Waals surface area contributed by atoms with Crippen molar-refractivity contribution in [2.45, 2.75) is 17.7 Å². The number of non-ortho nitro benzene ring substituents is 1. The van der Waals surface area contributed by atoms with E-state index >= 15 is 0 Å². The largest absolute Gasteiger partial charge is 0.332 e. The normalized spacial score (nSPS) is 14.3. The Balaban J connectivity index is 1.60. The van der Waals surface area contributed by atoms with Gasteiger partial charge < -0.3 is 5.32 Å². The number of nitro groups is 1. The third-order valence-electron chi connectivity index (χ3n) is 4.38. The first-order chi connectivity index (χ1) is 13.8. The molecule has 0 saturated carbocycles. The smallest absolute Gasteiger partial charge is 0.269 e. The second kappa shape index (κ2) is 8.64. The van der Waals surface area contributed by atoms with Gasteiger partial charge in [-0.2, -0.15) is 4.31 Å². The Morgan fingerprint density at radius 2 is 1.62 bits per heavy atom. The van der Waals surface area contributed by atoms with Crippen molar-refractivity contribution < 1.29 is 18.1 Å². The first kappa shape index (κ1) is 20.8. The molecule has 1 amide bonds. The first-order valence-corrected chi connectivity index (χ1v) is 10.6. The Hall–Kier alpha value is -2.89. The summed E-state index contributed by atoms with van der Waals surface area (Å²) in [6.45, 7) is 1.06. The monoisotopic (exact) mass is 434 g/mol. The van der Waals surface area contributed by atoms with E-state index in [1.54, 1.807) is 12.1 Å². The van der Waals surface area contributed by atoms with Gasteiger partial charge in [0.2, 0.25) is 10.0 Å². The minimum Gasteiger partial charge on any atom is -0.332 e. The second-order valence-electron chi connectivity index (χ2n) is 6.35. The topological polar surface area (TPSA) is 122 Å². The molecule has 2 N–H and O–H groups in total. The van der Waals surface area contributed by atoms with Crippen molar-refractivity contribution in [1.29, 1.82) is 0 Å². The highest BCUT2D eigenvalue weighted by Gasteiger charge is 2.26. The number of nitrogens with zero attached hydrogens (tertiary/aromatic N) is 2. The molecule has 11 heteroatoms. The molecule has 1 heterocycles. The third-order valence-corrected chi connectivity index (χ3v) is 6.50. The summed E-state index contributed by atoms with van der Waals surface area (Å²) >= 11 is 5.10. The molecule has 2 aromatic rings. The van der Waals surface area contributed by atoms with Gasteiger partial charge in [-0.1, -0.05) is 0 Å². The van der Waals surface area contributed by atoms with E-state index in [-0.39, 0.29) is 21.3 Å². The zero-order valence-corrected chi connectivity index (χ0v) is 16.8. The number of anilines is 1. The van der Waals surface area contributed by atoms with Crippen LogP contribution in [0.4, 0.5) is 11.4 Å². The van der Waals surface area contributed by atoms with Crippen LogP contribution in [-0.4, -0.2) is 41.8 Å². The standard InChI is InChI=1S/C18H18N4O5S2/c23-17(13-3-7-15(8-4-13)22(24)25)20-18(28)19-14-5-9-16(10-6-14)29(26,27)21-11-1-2-12-21/h3-10H,1-2,11-12H2,(H2,19,20,23,28). The molecule has 3 rings (SSSR count). The number of carbonyl (C=O) groups is 1. The molecular formula is C18H18N4O5S2. The van der Waals surface area contributed by atoms with Crippen molar-refractivity contribution >= 4 is 44.6 Å². The van der Waals surface area contributed by atoms with Crippen molar-refractivity contribution in [3.63, 3.8) is 0 Å². The molecule has 0 unspecified atom stereocenters. The first-order valence-electron chi connectivity index (χ1n) is 8.74. The van der Waals surface area contributed by atoms with Crippen LogP contribution >= 0.6 is 12.2 Å². The summed E-state index contributed by atoms with van der Waals surface area (Å²) < 4.78 is 26.5. The van der Waals surface area contributed by atoms with Crippen LogP contribution in [0.5, 0.6) is 0 Å². The minimum atomic E-state index is -3.49. The van der Waals surface area contributed by atoms with Crippen molar-refractivity contribution in [2.75, 3.05) is 18.4 Å². The molecule has 1 aliphatic rings. The molecule has 1 fully saturated rings. The molecule has 1 aliphatic heterocycles. The number of rotatable bonds is 5. The Morgan fingerprint density at radius 3 is 2.17 bits per heavy atom. The quantitative estimate of drug-likeness (QED) is 0.421. The number of hydrogen-bond donors (Lipinski definition) is 2. The van der Waals surface area contributed by atoms with Crippen molar-refractivity contribution in [1.82, 2.24) is 9.62 Å². The lowest BCUT2D eigenvalue weighted by molar-refractivity contribution is -0.384. The van der Waals surface area contributed by atoms with E-state index < -0.39 is 20.9 Å². The minimum absolute atomic E-state index is 0.0171. The molecule has 0 radical (unpaired) electrons. The van der Waals surface area contributed by atoms with Crippen LogP contribution in [0.25, 0.3) is 0 Å². The maximum Gasteiger partial charge on any atom is 0.269 e. The lowest BCUT2D eigenvalue weighted by atomic mass is 10.2. The van der Waals surface area contributed by atoms with E-state index in [1.165, 1.54) is 40.7 Å². The number of benzene rings is 2. The highest BCUT2D eigenvalue weighted by molar-refractivity contribution is 7.89. The van der Waals surface area contributed by atoms with Crippen LogP contribution in [-0.2, 0) is 10.0 Å². The Labute approximate surface area is 172 Å². The zero-order chi connectivity index (χ0) is 21.0. The number of thiocarbonyl (C=S) groups is 1. The van der Waals surface area contributed by atoms with Gasteiger partial charge in [0.1, 0.15) is 0 Å². The fourth-order valence-corrected chi connectivity index (χ4v) is 4.59. The summed E-state index contributed by atoms with van der Waals surface area (Å²) in [7, 11) is -3.49. The second-order valence-corrected chi connectivity index (χ2v) is 8.69. The fraction of sp³-hybridized carbons (Fsp3) is 0.222. The van der Waals surface area contributed by atoms with Crippen molar-refractivity contribution in [3.05, 3.63) is 64.2 Å². The fourth-order valence-electron chi connectivity index (χ4n) is 2.86. The highest BCUT2D eigenvalue weighted by Crippen LogP contribution is 2.22. The third kappa shape index (κ3) is 4.94. The molecule has 2 aromatic carbocycles. The van der Waals surface area contributed by atoms with Gasteiger partial charge >= 0.3 is 0 Å². The summed E-state index contributed by atoms with van der Waals surface area (Å²) in [5, 5.41) is 15.9. The van der Waals surface area contributed by atoms with E-state index in [2.05, 4.69) is 10.6 Å². The van der Waals surface area contributed by atoms with Gasteiger partial charge in [-0.05, 0) is 61.5 Å². The molecule has 0 atom stereocenters. The van der Waals surface area contributed by atoms with E-state index in [0.717, 1.165) is 12.8 Å². The summed E-state index contributed by atoms with van der Waals surface area (Å²) in [5.41, 5.74) is 0.609. The van der Waals surface area contributed by atoms with Crippen LogP contribution in [0, 0.1) is 10.1 Å². The highest BCUT2D eigenvalue weighted by atomic mass is 32.2. The molecule has 0 aliphatic carbocycles. The van der Waals surface area contributed by atoms with Gasteiger partial charge in [-0.3, -0.25) is 20.2 Å². The molecule has 29 heavy (non-hydrogen) atoms. The predicted octanol–water partition coefficient (Wildman–Crippen LogP) is 2.51. The predicted molar refractivity (Wildman–Crippen MR) is 111 cm³/mol. The lowest BCUT2D eigenvalue weighted by Gasteiger charge is -2.16. The van der Waals surface area contributed by atoms with Crippen LogP contribution in [0.2, 0.25) is 0 Å². The molecule has 1 saturated heterocycles. The molecule has 9 nitrogen and oxygen atoms in total. The van der Waals surface area contributed by atoms with Gasteiger partial charge in [0.05, 0.1) is 9.82 Å². The average Bonchev–Trinajstić information content (AvgIpc) is 3.24. The van der Waals surface area contributed by atoms with E-state index in [0.29, 0.717) is 18.8 Å². The molecule has 0 aromatic heterocycles. The van der Waals surface area contributed by atoms with Crippen LogP contribution in [0.15, 0.2) is 53.4 Å². The van der Waals surface area contributed by atoms with Gasteiger partial charge in [0.15, 0.2) is 5.11 Å². The van der Waals surface area contributed by atoms with E-state index in [4.69, 9.17) is 12.2 Å². The van der Waals surface area contributed by atoms with Crippen molar-refractivity contribution in [2.24, 2.45) is 0 Å². The maximum absolute atomic E-state index is 12.5. The van der Waals surface area contributed by atoms with Crippen LogP contribution in [0.1, 0.15) is 23.2 Å². The molecular weight excluding hydrogens is 416 g/mol. The van der Waals surface area contributed by atoms with Crippen LogP contribution < -0.4 is 10.6 Å². The summed E-state index contributed by atoms with van der Waals surface area (Å²) in [5.74, 6) is -0.523. The SMILES string of the molecule is O=C(NC(=S)Nc1ccc(S(=O)(=O)N2CCCC2)cc1)c1ccc([N+](=O)[O-])cc1. The van der Waals surface area contributed by atoms with Crippen LogP contribution in [0.3, 0.4) is 0 Å². The number of sulfonamides is 1. The summed E-state index contributed by atoms with van der Waals surface area (Å²) in [6.07, 6.45) is 1.73. The number of nitrogens with one attached hydrogen (secondary N) is 2. The van der Waals surface area contributed by atoms with Gasteiger partial charge in [0.25, 0.3) is 11.6 Å². The number of nitro benzene ring substituents is 1. The summed E-state index contributed by atoms with van der Waals surface area (Å²) in [4.78, 5) is 22.5. The van der Waals surface area contributed by atoms with E-state index in [1.807, 2.05) is 0 Å². The number of hydrogen-bond acceptors (Lipinski definition) is 6. The summed E-state index contributed by atoms with van der Waals surface area (Å²) in [6, 6.07) is 11.2. The van der Waals surface area contributed by atoms with E-state index in [9.17, 15) is 23.3 Å². The lowest BCUT2D eigenvalue weighted by Crippen LogP contribution is -2.34. The van der Waals surface area contributed by atoms with Gasteiger partial charge in [-0.25, -0.2) is 8.42 Å². The number of carbonyl (C=O) groups excluding carboxylic acids is 1. The number of amides is 1. The van der Waals surface area contributed by atoms with Gasteiger partial charge in [-0.15, -0.1) is 0 Å². The molecule has 152 valence electrons. The Bertz CT molecular complexity index is 1030. The van der Waals surface area contributed by atoms with Crippen molar-refractivity contribution in [3.8, 4) is 0 Å². The van der Waals surface area contributed by atoms with Gasteiger partial charge in [0, 0.05) is 36.5 Å². The molecule has 0 bridgehead atoms. The molecule has 0 spiro atoms. The average molecular weight is 434 g/mol. The Kier molecular flexibility index (Phi) is 6.20.